The maximum atomic E-state index is 6.58. The average molecular weight is 404 g/mol. The van der Waals surface area contributed by atoms with E-state index in [0.717, 1.165) is 17.7 Å². The second kappa shape index (κ2) is 8.11. The molecule has 1 aliphatic rings. The Labute approximate surface area is 183 Å². The van der Waals surface area contributed by atoms with Gasteiger partial charge in [0.25, 0.3) is 0 Å². The van der Waals surface area contributed by atoms with Gasteiger partial charge < -0.3 is 10.6 Å². The Morgan fingerprint density at radius 1 is 0.806 bits per heavy atom. The molecule has 3 heteroatoms. The molecule has 1 aliphatic carbocycles. The SMILES string of the molecule is CN(C(N)=NC(Cc1ccccc1)c1ccccc1)c1ccc2c3c(cccc13)C=C2. The summed E-state index contributed by atoms with van der Waals surface area (Å²) in [6.07, 6.45) is 5.14. The van der Waals surface area contributed by atoms with Gasteiger partial charge in [-0.25, -0.2) is 4.99 Å². The normalized spacial score (nSPS) is 13.5. The van der Waals surface area contributed by atoms with E-state index >= 15 is 0 Å². The van der Waals surface area contributed by atoms with Crippen LogP contribution in [0.3, 0.4) is 0 Å². The average Bonchev–Trinajstić information content (AvgIpc) is 3.24. The van der Waals surface area contributed by atoms with Crippen molar-refractivity contribution in [1.82, 2.24) is 0 Å². The van der Waals surface area contributed by atoms with Crippen molar-refractivity contribution in [2.75, 3.05) is 11.9 Å². The fourth-order valence-corrected chi connectivity index (χ4v) is 4.32. The molecule has 0 saturated carbocycles. The molecule has 1 atom stereocenters. The molecule has 5 rings (SSSR count). The highest BCUT2D eigenvalue weighted by Gasteiger charge is 2.17. The molecule has 0 saturated heterocycles. The van der Waals surface area contributed by atoms with Gasteiger partial charge in [-0.05, 0) is 40.1 Å². The van der Waals surface area contributed by atoms with Crippen LogP contribution in [0.15, 0.2) is 96.0 Å². The first-order valence-corrected chi connectivity index (χ1v) is 10.6. The molecule has 3 nitrogen and oxygen atoms in total. The Hall–Kier alpha value is -3.85. The second-order valence-electron chi connectivity index (χ2n) is 7.94. The minimum atomic E-state index is -0.0514. The quantitative estimate of drug-likeness (QED) is 0.286. The summed E-state index contributed by atoms with van der Waals surface area (Å²) in [7, 11) is 2.00. The minimum absolute atomic E-state index is 0.0514. The van der Waals surface area contributed by atoms with Gasteiger partial charge in [-0.2, -0.15) is 0 Å². The zero-order valence-electron chi connectivity index (χ0n) is 17.6. The maximum Gasteiger partial charge on any atom is 0.196 e. The number of anilines is 1. The van der Waals surface area contributed by atoms with Crippen molar-refractivity contribution >= 4 is 34.6 Å². The van der Waals surface area contributed by atoms with E-state index in [1.54, 1.807) is 0 Å². The van der Waals surface area contributed by atoms with Crippen LogP contribution in [0.5, 0.6) is 0 Å². The number of nitrogens with two attached hydrogens (primary N) is 1. The lowest BCUT2D eigenvalue weighted by atomic mass is 9.99. The van der Waals surface area contributed by atoms with Gasteiger partial charge in [0.05, 0.1) is 11.7 Å². The maximum absolute atomic E-state index is 6.58. The van der Waals surface area contributed by atoms with Gasteiger partial charge >= 0.3 is 0 Å². The molecule has 2 N–H and O–H groups in total. The summed E-state index contributed by atoms with van der Waals surface area (Å²) in [5, 5.41) is 2.48. The predicted molar refractivity (Wildman–Crippen MR) is 132 cm³/mol. The standard InChI is InChI=1S/C28H25N3/c1-31(26-18-17-23-16-15-22-13-8-14-24(26)27(22)23)28(29)30-25(21-11-6-3-7-12-21)19-20-9-4-2-5-10-20/h2-18,25H,19H2,1H3,(H2,29,30). The lowest BCUT2D eigenvalue weighted by molar-refractivity contribution is 0.720. The number of rotatable bonds is 5. The zero-order valence-corrected chi connectivity index (χ0v) is 17.6. The van der Waals surface area contributed by atoms with E-state index < -0.39 is 0 Å². The van der Waals surface area contributed by atoms with Crippen molar-refractivity contribution in [3.05, 3.63) is 113 Å². The summed E-state index contributed by atoms with van der Waals surface area (Å²) in [5.74, 6) is 0.511. The van der Waals surface area contributed by atoms with Gasteiger partial charge in [-0.1, -0.05) is 97.1 Å². The van der Waals surface area contributed by atoms with Crippen molar-refractivity contribution in [3.63, 3.8) is 0 Å². The highest BCUT2D eigenvalue weighted by atomic mass is 15.2. The number of benzene rings is 4. The summed E-state index contributed by atoms with van der Waals surface area (Å²) in [5.41, 5.74) is 12.6. The molecule has 0 aliphatic heterocycles. The summed E-state index contributed by atoms with van der Waals surface area (Å²) in [4.78, 5) is 6.99. The first kappa shape index (κ1) is 19.1. The van der Waals surface area contributed by atoms with Gasteiger partial charge in [0.1, 0.15) is 0 Å². The Bertz CT molecular complexity index is 1260. The van der Waals surface area contributed by atoms with E-state index in [9.17, 15) is 0 Å². The van der Waals surface area contributed by atoms with Crippen LogP contribution in [0.2, 0.25) is 0 Å². The number of nitrogens with zero attached hydrogens (tertiary/aromatic N) is 2. The lowest BCUT2D eigenvalue weighted by Crippen LogP contribution is -2.34. The van der Waals surface area contributed by atoms with Crippen LogP contribution in [0.4, 0.5) is 5.69 Å². The van der Waals surface area contributed by atoms with Crippen LogP contribution in [-0.4, -0.2) is 13.0 Å². The van der Waals surface area contributed by atoms with Crippen molar-refractivity contribution < 1.29 is 0 Å². The van der Waals surface area contributed by atoms with Crippen LogP contribution in [0.25, 0.3) is 22.9 Å². The van der Waals surface area contributed by atoms with Gasteiger partial charge in [-0.3, -0.25) is 0 Å². The summed E-state index contributed by atoms with van der Waals surface area (Å²) in [6.45, 7) is 0. The van der Waals surface area contributed by atoms with Gasteiger partial charge in [0.2, 0.25) is 0 Å². The Morgan fingerprint density at radius 3 is 2.23 bits per heavy atom. The molecular formula is C28H25N3. The van der Waals surface area contributed by atoms with Crippen LogP contribution in [0, 0.1) is 0 Å². The van der Waals surface area contributed by atoms with Gasteiger partial charge in [0, 0.05) is 12.4 Å². The zero-order chi connectivity index (χ0) is 21.2. The van der Waals surface area contributed by atoms with Crippen molar-refractivity contribution in [2.45, 2.75) is 12.5 Å². The monoisotopic (exact) mass is 403 g/mol. The minimum Gasteiger partial charge on any atom is -0.370 e. The topological polar surface area (TPSA) is 41.6 Å². The Kier molecular flexibility index (Phi) is 5.01. The lowest BCUT2D eigenvalue weighted by Gasteiger charge is -2.23. The predicted octanol–water partition coefficient (Wildman–Crippen LogP) is 6.06. The van der Waals surface area contributed by atoms with E-state index in [4.69, 9.17) is 10.7 Å². The van der Waals surface area contributed by atoms with Crippen molar-refractivity contribution in [1.29, 1.82) is 0 Å². The van der Waals surface area contributed by atoms with E-state index in [2.05, 4.69) is 91.0 Å². The summed E-state index contributed by atoms with van der Waals surface area (Å²) in [6, 6.07) is 31.5. The molecule has 0 bridgehead atoms. The smallest absolute Gasteiger partial charge is 0.196 e. The highest BCUT2D eigenvalue weighted by molar-refractivity contribution is 6.12. The van der Waals surface area contributed by atoms with Crippen molar-refractivity contribution in [2.24, 2.45) is 10.7 Å². The third kappa shape index (κ3) is 3.71. The molecule has 0 heterocycles. The largest absolute Gasteiger partial charge is 0.370 e. The molecule has 0 amide bonds. The number of guanidine groups is 1. The van der Waals surface area contributed by atoms with Crippen molar-refractivity contribution in [3.8, 4) is 0 Å². The number of hydrogen-bond acceptors (Lipinski definition) is 1. The fourth-order valence-electron chi connectivity index (χ4n) is 4.32. The molecule has 0 radical (unpaired) electrons. The molecule has 4 aromatic rings. The molecule has 4 aromatic carbocycles. The fraction of sp³-hybridized carbons (Fsp3) is 0.107. The van der Waals surface area contributed by atoms with Crippen LogP contribution >= 0.6 is 0 Å². The van der Waals surface area contributed by atoms with Crippen LogP contribution in [0.1, 0.15) is 28.3 Å². The van der Waals surface area contributed by atoms with Crippen LogP contribution < -0.4 is 10.6 Å². The molecule has 0 aromatic heterocycles. The number of hydrogen-bond donors (Lipinski definition) is 1. The Balaban J connectivity index is 1.52. The summed E-state index contributed by atoms with van der Waals surface area (Å²) < 4.78 is 0. The number of aliphatic imine (C=N–C) groups is 1. The third-order valence-electron chi connectivity index (χ3n) is 5.97. The first-order valence-electron chi connectivity index (χ1n) is 10.6. The first-order chi connectivity index (χ1) is 15.2. The second-order valence-corrected chi connectivity index (χ2v) is 7.94. The molecule has 1 unspecified atom stereocenters. The Morgan fingerprint density at radius 2 is 1.48 bits per heavy atom. The molecule has 31 heavy (non-hydrogen) atoms. The highest BCUT2D eigenvalue weighted by Crippen LogP contribution is 2.36. The van der Waals surface area contributed by atoms with E-state index in [-0.39, 0.29) is 6.04 Å². The molecule has 0 spiro atoms. The van der Waals surface area contributed by atoms with E-state index in [0.29, 0.717) is 5.96 Å². The molecular weight excluding hydrogens is 378 g/mol. The summed E-state index contributed by atoms with van der Waals surface area (Å²) >= 11 is 0. The van der Waals surface area contributed by atoms with E-state index in [1.807, 2.05) is 24.1 Å². The van der Waals surface area contributed by atoms with E-state index in [1.165, 1.54) is 27.5 Å². The molecule has 152 valence electrons. The molecule has 0 fully saturated rings. The van der Waals surface area contributed by atoms with Gasteiger partial charge in [-0.15, -0.1) is 0 Å². The van der Waals surface area contributed by atoms with Gasteiger partial charge in [0.15, 0.2) is 5.96 Å². The van der Waals surface area contributed by atoms with Crippen LogP contribution in [-0.2, 0) is 6.42 Å². The third-order valence-corrected chi connectivity index (χ3v) is 5.97.